The molecule has 2 aromatic rings. The SMILES string of the molecule is COc1cc(Br)cc(C=Nc2sc3c(c2C#N)CCN(C)C3)c1O. The number of hydrogen-bond acceptors (Lipinski definition) is 6. The van der Waals surface area contributed by atoms with E-state index in [-0.39, 0.29) is 5.75 Å². The lowest BCUT2D eigenvalue weighted by atomic mass is 10.0. The Morgan fingerprint density at radius 2 is 2.29 bits per heavy atom. The molecular formula is C17H16BrN3O2S. The number of fused-ring (bicyclic) bond motifs is 1. The highest BCUT2D eigenvalue weighted by Crippen LogP contribution is 2.39. The summed E-state index contributed by atoms with van der Waals surface area (Å²) in [6, 6.07) is 5.73. The smallest absolute Gasteiger partial charge is 0.166 e. The number of methoxy groups -OCH3 is 1. The number of aromatic hydroxyl groups is 1. The fourth-order valence-corrected chi connectivity index (χ4v) is 4.38. The van der Waals surface area contributed by atoms with Crippen molar-refractivity contribution in [3.05, 3.63) is 38.2 Å². The predicted octanol–water partition coefficient (Wildman–Crippen LogP) is 3.83. The van der Waals surface area contributed by atoms with Crippen LogP contribution in [0.5, 0.6) is 11.5 Å². The van der Waals surface area contributed by atoms with Crippen molar-refractivity contribution in [1.82, 2.24) is 4.90 Å². The van der Waals surface area contributed by atoms with E-state index >= 15 is 0 Å². The summed E-state index contributed by atoms with van der Waals surface area (Å²) in [5, 5.41) is 20.4. The fraction of sp³-hybridized carbons (Fsp3) is 0.294. The van der Waals surface area contributed by atoms with Gasteiger partial charge in [0.15, 0.2) is 11.5 Å². The minimum atomic E-state index is 0.0315. The Morgan fingerprint density at radius 3 is 3.00 bits per heavy atom. The molecule has 0 unspecified atom stereocenters. The maximum absolute atomic E-state index is 10.2. The largest absolute Gasteiger partial charge is 0.504 e. The van der Waals surface area contributed by atoms with Crippen molar-refractivity contribution in [2.45, 2.75) is 13.0 Å². The molecule has 7 heteroatoms. The van der Waals surface area contributed by atoms with Crippen molar-refractivity contribution >= 4 is 38.5 Å². The van der Waals surface area contributed by atoms with E-state index in [1.165, 1.54) is 12.0 Å². The van der Waals surface area contributed by atoms with Crippen LogP contribution in [0, 0.1) is 11.3 Å². The van der Waals surface area contributed by atoms with Gasteiger partial charge in [-0.25, -0.2) is 4.99 Å². The first kappa shape index (κ1) is 17.0. The Balaban J connectivity index is 1.99. The summed E-state index contributed by atoms with van der Waals surface area (Å²) < 4.78 is 5.93. The molecule has 1 N–H and O–H groups in total. The second-order valence-corrected chi connectivity index (χ2v) is 7.59. The highest BCUT2D eigenvalue weighted by molar-refractivity contribution is 9.10. The van der Waals surface area contributed by atoms with Crippen LogP contribution in [0.3, 0.4) is 0 Å². The Hall–Kier alpha value is -1.88. The molecule has 0 saturated heterocycles. The van der Waals surface area contributed by atoms with Gasteiger partial charge in [-0.15, -0.1) is 11.3 Å². The number of rotatable bonds is 3. The van der Waals surface area contributed by atoms with Gasteiger partial charge in [0.1, 0.15) is 11.1 Å². The highest BCUT2D eigenvalue weighted by Gasteiger charge is 2.22. The van der Waals surface area contributed by atoms with E-state index in [2.05, 4.69) is 38.9 Å². The highest BCUT2D eigenvalue weighted by atomic mass is 79.9. The van der Waals surface area contributed by atoms with E-state index in [1.54, 1.807) is 29.7 Å². The number of aliphatic imine (C=N–C) groups is 1. The number of halogens is 1. The van der Waals surface area contributed by atoms with E-state index < -0.39 is 0 Å². The van der Waals surface area contributed by atoms with Gasteiger partial charge in [-0.2, -0.15) is 5.26 Å². The normalized spacial score (nSPS) is 14.6. The van der Waals surface area contributed by atoms with Crippen LogP contribution in [0.15, 0.2) is 21.6 Å². The zero-order valence-electron chi connectivity index (χ0n) is 13.3. The van der Waals surface area contributed by atoms with E-state index in [4.69, 9.17) is 4.74 Å². The van der Waals surface area contributed by atoms with E-state index in [9.17, 15) is 10.4 Å². The van der Waals surface area contributed by atoms with Gasteiger partial charge >= 0.3 is 0 Å². The van der Waals surface area contributed by atoms with E-state index in [1.807, 2.05) is 0 Å². The van der Waals surface area contributed by atoms with Crippen molar-refractivity contribution < 1.29 is 9.84 Å². The van der Waals surface area contributed by atoms with Crippen LogP contribution >= 0.6 is 27.3 Å². The van der Waals surface area contributed by atoms with Gasteiger partial charge < -0.3 is 14.7 Å². The molecule has 0 radical (unpaired) electrons. The van der Waals surface area contributed by atoms with Crippen LogP contribution in [0.2, 0.25) is 0 Å². The molecule has 1 aliphatic heterocycles. The summed E-state index contributed by atoms with van der Waals surface area (Å²) in [4.78, 5) is 7.90. The van der Waals surface area contributed by atoms with Gasteiger partial charge in [0, 0.05) is 34.2 Å². The summed E-state index contributed by atoms with van der Waals surface area (Å²) in [5.74, 6) is 0.405. The summed E-state index contributed by atoms with van der Waals surface area (Å²) in [6.45, 7) is 1.80. The number of phenolic OH excluding ortho intramolecular Hbond substituents is 1. The number of ether oxygens (including phenoxy) is 1. The molecule has 0 bridgehead atoms. The minimum absolute atomic E-state index is 0.0315. The van der Waals surface area contributed by atoms with Crippen LogP contribution in [0.4, 0.5) is 5.00 Å². The summed E-state index contributed by atoms with van der Waals surface area (Å²) in [7, 11) is 3.57. The lowest BCUT2D eigenvalue weighted by Crippen LogP contribution is -2.25. The predicted molar refractivity (Wildman–Crippen MR) is 98.7 cm³/mol. The Labute approximate surface area is 153 Å². The van der Waals surface area contributed by atoms with E-state index in [0.717, 1.165) is 29.5 Å². The van der Waals surface area contributed by atoms with Gasteiger partial charge in [0.2, 0.25) is 0 Å². The zero-order chi connectivity index (χ0) is 17.3. The van der Waals surface area contributed by atoms with Crippen molar-refractivity contribution in [2.24, 2.45) is 4.99 Å². The van der Waals surface area contributed by atoms with Crippen LogP contribution in [0.25, 0.3) is 0 Å². The molecule has 1 aromatic heterocycles. The van der Waals surface area contributed by atoms with Crippen LogP contribution in [-0.2, 0) is 13.0 Å². The van der Waals surface area contributed by atoms with Crippen LogP contribution in [0.1, 0.15) is 21.6 Å². The number of nitriles is 1. The fourth-order valence-electron chi connectivity index (χ4n) is 2.70. The van der Waals surface area contributed by atoms with Crippen molar-refractivity contribution in [3.8, 4) is 17.6 Å². The van der Waals surface area contributed by atoms with Crippen LogP contribution in [-0.4, -0.2) is 36.9 Å². The molecule has 0 fully saturated rings. The number of likely N-dealkylation sites (N-methyl/N-ethyl adjacent to an activating group) is 1. The molecule has 124 valence electrons. The molecule has 24 heavy (non-hydrogen) atoms. The van der Waals surface area contributed by atoms with Gasteiger partial charge in [-0.05, 0) is 31.2 Å². The molecule has 3 rings (SSSR count). The third-order valence-electron chi connectivity index (χ3n) is 3.95. The molecule has 0 atom stereocenters. The number of nitrogens with zero attached hydrogens (tertiary/aromatic N) is 3. The maximum atomic E-state index is 10.2. The van der Waals surface area contributed by atoms with Gasteiger partial charge in [-0.3, -0.25) is 0 Å². The second kappa shape index (κ2) is 6.93. The second-order valence-electron chi connectivity index (χ2n) is 5.59. The summed E-state index contributed by atoms with van der Waals surface area (Å²) in [5.41, 5.74) is 2.30. The molecule has 2 heterocycles. The first-order valence-electron chi connectivity index (χ1n) is 7.37. The minimum Gasteiger partial charge on any atom is -0.504 e. The average Bonchev–Trinajstić information content (AvgIpc) is 2.91. The molecular weight excluding hydrogens is 390 g/mol. The first-order chi connectivity index (χ1) is 11.5. The monoisotopic (exact) mass is 405 g/mol. The molecule has 0 aliphatic carbocycles. The number of hydrogen-bond donors (Lipinski definition) is 1. The molecule has 0 spiro atoms. The van der Waals surface area contributed by atoms with Crippen molar-refractivity contribution in [3.63, 3.8) is 0 Å². The van der Waals surface area contributed by atoms with Gasteiger partial charge in [0.05, 0.1) is 12.7 Å². The lowest BCUT2D eigenvalue weighted by Gasteiger charge is -2.21. The quantitative estimate of drug-likeness (QED) is 0.787. The van der Waals surface area contributed by atoms with Gasteiger partial charge in [0.25, 0.3) is 0 Å². The average molecular weight is 406 g/mol. The topological polar surface area (TPSA) is 68.8 Å². The zero-order valence-corrected chi connectivity index (χ0v) is 15.7. The third-order valence-corrected chi connectivity index (χ3v) is 5.53. The Kier molecular flexibility index (Phi) is 4.90. The number of benzene rings is 1. The lowest BCUT2D eigenvalue weighted by molar-refractivity contribution is 0.317. The molecule has 1 aliphatic rings. The molecule has 0 saturated carbocycles. The van der Waals surface area contributed by atoms with Crippen molar-refractivity contribution in [1.29, 1.82) is 5.26 Å². The Bertz CT molecular complexity index is 854. The number of phenols is 1. The first-order valence-corrected chi connectivity index (χ1v) is 8.98. The molecule has 0 amide bonds. The molecule has 5 nitrogen and oxygen atoms in total. The number of thiophene rings is 1. The third kappa shape index (κ3) is 3.18. The van der Waals surface area contributed by atoms with Gasteiger partial charge in [-0.1, -0.05) is 15.9 Å². The summed E-state index contributed by atoms with van der Waals surface area (Å²) in [6.07, 6.45) is 2.45. The standard InChI is InChI=1S/C17H16BrN3O2S/c1-21-4-3-12-13(7-19)17(24-15(12)9-21)20-8-10-5-11(18)6-14(23-2)16(10)22/h5-6,8,22H,3-4,9H2,1-2H3. The Morgan fingerprint density at radius 1 is 1.50 bits per heavy atom. The maximum Gasteiger partial charge on any atom is 0.166 e. The van der Waals surface area contributed by atoms with Crippen molar-refractivity contribution in [2.75, 3.05) is 20.7 Å². The van der Waals surface area contributed by atoms with Crippen LogP contribution < -0.4 is 4.74 Å². The summed E-state index contributed by atoms with van der Waals surface area (Å²) >= 11 is 4.93. The van der Waals surface area contributed by atoms with E-state index in [0.29, 0.717) is 21.9 Å². The molecule has 1 aromatic carbocycles.